The van der Waals surface area contributed by atoms with Crippen molar-refractivity contribution in [2.24, 2.45) is 11.7 Å². The van der Waals surface area contributed by atoms with Gasteiger partial charge in [0.2, 0.25) is 0 Å². The molecule has 0 saturated heterocycles. The lowest BCUT2D eigenvalue weighted by atomic mass is 9.91. The Morgan fingerprint density at radius 2 is 2.00 bits per heavy atom. The Bertz CT molecular complexity index is 425. The first kappa shape index (κ1) is 11.9. The summed E-state index contributed by atoms with van der Waals surface area (Å²) in [6.45, 7) is 0. The molecule has 92 valence electrons. The Morgan fingerprint density at radius 3 is 2.59 bits per heavy atom. The molecule has 4 nitrogen and oxygen atoms in total. The first-order valence-corrected chi connectivity index (χ1v) is 5.91. The molecule has 0 bridgehead atoms. The van der Waals surface area contributed by atoms with Crippen LogP contribution in [0.3, 0.4) is 0 Å². The molecular formula is C13H17NO3. The number of aromatic hydroxyl groups is 1. The molecule has 1 saturated carbocycles. The molecule has 4 heteroatoms. The van der Waals surface area contributed by atoms with Gasteiger partial charge in [-0.1, -0.05) is 18.9 Å². The maximum Gasteiger partial charge on any atom is 0.339 e. The van der Waals surface area contributed by atoms with Crippen molar-refractivity contribution in [2.45, 2.75) is 31.7 Å². The fourth-order valence-electron chi connectivity index (χ4n) is 2.52. The van der Waals surface area contributed by atoms with Crippen molar-refractivity contribution in [1.29, 1.82) is 0 Å². The zero-order valence-corrected chi connectivity index (χ0v) is 9.60. The summed E-state index contributed by atoms with van der Waals surface area (Å²) in [6, 6.07) is 4.48. The first-order chi connectivity index (χ1) is 8.09. The molecule has 0 aromatic heterocycles. The van der Waals surface area contributed by atoms with Gasteiger partial charge in [-0.25, -0.2) is 4.79 Å². The van der Waals surface area contributed by atoms with E-state index in [1.165, 1.54) is 25.0 Å². The summed E-state index contributed by atoms with van der Waals surface area (Å²) in [6.07, 6.45) is 4.60. The van der Waals surface area contributed by atoms with Crippen molar-refractivity contribution in [1.82, 2.24) is 0 Å². The Morgan fingerprint density at radius 1 is 1.35 bits per heavy atom. The van der Waals surface area contributed by atoms with E-state index in [2.05, 4.69) is 0 Å². The number of hydrogen-bond acceptors (Lipinski definition) is 3. The van der Waals surface area contributed by atoms with Gasteiger partial charge in [-0.15, -0.1) is 0 Å². The number of benzene rings is 1. The van der Waals surface area contributed by atoms with E-state index in [-0.39, 0.29) is 17.4 Å². The summed E-state index contributed by atoms with van der Waals surface area (Å²) in [7, 11) is 0. The SMILES string of the molecule is N[C@H](c1ccc(O)c(C(=O)O)c1)C1CCCC1. The molecule has 1 aromatic rings. The molecule has 2 rings (SSSR count). The molecule has 1 aliphatic carbocycles. The fourth-order valence-corrected chi connectivity index (χ4v) is 2.52. The number of phenols is 1. The van der Waals surface area contributed by atoms with Crippen molar-refractivity contribution in [2.75, 3.05) is 0 Å². The lowest BCUT2D eigenvalue weighted by molar-refractivity contribution is 0.0693. The monoisotopic (exact) mass is 235 g/mol. The van der Waals surface area contributed by atoms with Gasteiger partial charge < -0.3 is 15.9 Å². The molecule has 1 aromatic carbocycles. The van der Waals surface area contributed by atoms with Gasteiger partial charge >= 0.3 is 5.97 Å². The zero-order valence-electron chi connectivity index (χ0n) is 9.60. The second-order valence-corrected chi connectivity index (χ2v) is 4.65. The summed E-state index contributed by atoms with van der Waals surface area (Å²) in [4.78, 5) is 10.9. The highest BCUT2D eigenvalue weighted by Gasteiger charge is 2.24. The minimum atomic E-state index is -1.12. The molecular weight excluding hydrogens is 218 g/mol. The van der Waals surface area contributed by atoms with Crippen molar-refractivity contribution in [3.05, 3.63) is 29.3 Å². The van der Waals surface area contributed by atoms with E-state index >= 15 is 0 Å². The summed E-state index contributed by atoms with van der Waals surface area (Å²) in [5.41, 5.74) is 6.87. The number of nitrogens with two attached hydrogens (primary N) is 1. The van der Waals surface area contributed by atoms with E-state index in [4.69, 9.17) is 10.8 Å². The largest absolute Gasteiger partial charge is 0.507 e. The van der Waals surface area contributed by atoms with E-state index in [0.29, 0.717) is 5.92 Å². The van der Waals surface area contributed by atoms with Crippen LogP contribution in [-0.4, -0.2) is 16.2 Å². The average Bonchev–Trinajstić information content (AvgIpc) is 2.81. The second-order valence-electron chi connectivity index (χ2n) is 4.65. The highest BCUT2D eigenvalue weighted by molar-refractivity contribution is 5.90. The van der Waals surface area contributed by atoms with Crippen LogP contribution in [0.4, 0.5) is 0 Å². The fraction of sp³-hybridized carbons (Fsp3) is 0.462. The molecule has 1 aliphatic rings. The summed E-state index contributed by atoms with van der Waals surface area (Å²) >= 11 is 0. The van der Waals surface area contributed by atoms with Crippen molar-refractivity contribution >= 4 is 5.97 Å². The third-order valence-corrected chi connectivity index (χ3v) is 3.54. The third kappa shape index (κ3) is 2.42. The van der Waals surface area contributed by atoms with Gasteiger partial charge in [0.05, 0.1) is 0 Å². The van der Waals surface area contributed by atoms with Crippen molar-refractivity contribution < 1.29 is 15.0 Å². The third-order valence-electron chi connectivity index (χ3n) is 3.54. The topological polar surface area (TPSA) is 83.5 Å². The molecule has 4 N–H and O–H groups in total. The lowest BCUT2D eigenvalue weighted by Crippen LogP contribution is -2.19. The molecule has 0 amide bonds. The van der Waals surface area contributed by atoms with Crippen LogP contribution in [0.2, 0.25) is 0 Å². The van der Waals surface area contributed by atoms with Gasteiger partial charge in [0.1, 0.15) is 11.3 Å². The molecule has 0 radical (unpaired) electrons. The maximum absolute atomic E-state index is 10.9. The Kier molecular flexibility index (Phi) is 3.33. The molecule has 1 fully saturated rings. The summed E-state index contributed by atoms with van der Waals surface area (Å²) < 4.78 is 0. The van der Waals surface area contributed by atoms with Gasteiger partial charge in [-0.05, 0) is 36.5 Å². The smallest absolute Gasteiger partial charge is 0.339 e. The van der Waals surface area contributed by atoms with E-state index in [9.17, 15) is 9.90 Å². The molecule has 0 aliphatic heterocycles. The predicted octanol–water partition coefficient (Wildman–Crippen LogP) is 2.28. The van der Waals surface area contributed by atoms with Gasteiger partial charge in [0.25, 0.3) is 0 Å². The van der Waals surface area contributed by atoms with Crippen molar-refractivity contribution in [3.63, 3.8) is 0 Å². The quantitative estimate of drug-likeness (QED) is 0.750. The van der Waals surface area contributed by atoms with Crippen LogP contribution in [-0.2, 0) is 0 Å². The van der Waals surface area contributed by atoms with Gasteiger partial charge in [0, 0.05) is 6.04 Å². The summed E-state index contributed by atoms with van der Waals surface area (Å²) in [5, 5.41) is 18.4. The minimum absolute atomic E-state index is 0.0732. The second kappa shape index (κ2) is 4.75. The van der Waals surface area contributed by atoms with Crippen LogP contribution in [0.1, 0.15) is 47.6 Å². The van der Waals surface area contributed by atoms with Crippen LogP contribution in [0, 0.1) is 5.92 Å². The van der Waals surface area contributed by atoms with Gasteiger partial charge in [0.15, 0.2) is 0 Å². The molecule has 0 heterocycles. The number of carboxylic acids is 1. The Hall–Kier alpha value is -1.55. The van der Waals surface area contributed by atoms with E-state index in [0.717, 1.165) is 18.4 Å². The van der Waals surface area contributed by atoms with Crippen LogP contribution in [0.5, 0.6) is 5.75 Å². The maximum atomic E-state index is 10.9. The highest BCUT2D eigenvalue weighted by atomic mass is 16.4. The van der Waals surface area contributed by atoms with E-state index in [1.54, 1.807) is 6.07 Å². The van der Waals surface area contributed by atoms with E-state index < -0.39 is 5.97 Å². The number of rotatable bonds is 3. The number of hydrogen-bond donors (Lipinski definition) is 3. The predicted molar refractivity (Wildman–Crippen MR) is 64.0 cm³/mol. The molecule has 17 heavy (non-hydrogen) atoms. The molecule has 0 unspecified atom stereocenters. The Balaban J connectivity index is 2.26. The van der Waals surface area contributed by atoms with Gasteiger partial charge in [-0.3, -0.25) is 0 Å². The normalized spacial score (nSPS) is 18.2. The number of carboxylic acid groups (broad SMARTS) is 1. The molecule has 0 spiro atoms. The zero-order chi connectivity index (χ0) is 12.4. The number of aromatic carboxylic acids is 1. The first-order valence-electron chi connectivity index (χ1n) is 5.91. The standard InChI is InChI=1S/C13H17NO3/c14-12(8-3-1-2-4-8)9-5-6-11(15)10(7-9)13(16)17/h5-8,12,15H,1-4,14H2,(H,16,17)/t12-/m0/s1. The average molecular weight is 235 g/mol. The number of carbonyl (C=O) groups is 1. The van der Waals surface area contributed by atoms with Crippen molar-refractivity contribution in [3.8, 4) is 5.75 Å². The van der Waals surface area contributed by atoms with E-state index in [1.807, 2.05) is 0 Å². The lowest BCUT2D eigenvalue weighted by Gasteiger charge is -2.19. The Labute approximate surface area is 100 Å². The van der Waals surface area contributed by atoms with Gasteiger partial charge in [-0.2, -0.15) is 0 Å². The van der Waals surface area contributed by atoms with Crippen LogP contribution < -0.4 is 5.73 Å². The van der Waals surface area contributed by atoms with Crippen LogP contribution >= 0.6 is 0 Å². The summed E-state index contributed by atoms with van der Waals surface area (Å²) in [5.74, 6) is -0.899. The highest BCUT2D eigenvalue weighted by Crippen LogP contribution is 2.35. The van der Waals surface area contributed by atoms with Crippen LogP contribution in [0.25, 0.3) is 0 Å². The van der Waals surface area contributed by atoms with Crippen LogP contribution in [0.15, 0.2) is 18.2 Å². The molecule has 1 atom stereocenters. The minimum Gasteiger partial charge on any atom is -0.507 e.